The molecule has 2 rings (SSSR count). The van der Waals surface area contributed by atoms with Gasteiger partial charge in [0, 0.05) is 28.9 Å². The highest BCUT2D eigenvalue weighted by Gasteiger charge is 2.28. The van der Waals surface area contributed by atoms with Crippen LogP contribution in [-0.4, -0.2) is 34.6 Å². The Kier molecular flexibility index (Phi) is 11.1. The summed E-state index contributed by atoms with van der Waals surface area (Å²) in [5.41, 5.74) is 2.21. The summed E-state index contributed by atoms with van der Waals surface area (Å²) in [6, 6.07) is 15.5. The minimum absolute atomic E-state index is 0.0217. The van der Waals surface area contributed by atoms with Crippen LogP contribution in [0.4, 0.5) is 0 Å². The third-order valence-electron chi connectivity index (χ3n) is 5.48. The van der Waals surface area contributed by atoms with Gasteiger partial charge in [0.2, 0.25) is 11.8 Å². The number of hydrogen-bond donors (Lipinski definition) is 1. The lowest BCUT2D eigenvalue weighted by atomic mass is 10.1. The van der Waals surface area contributed by atoms with Crippen molar-refractivity contribution in [2.45, 2.75) is 76.9 Å². The topological polar surface area (TPSA) is 49.4 Å². The standard InChI is InChI=1S/C26H35ClN2O2S/c1-5-20(4)28-26(31)24(6-2)29(18-21-11-9-19(3)10-12-21)25(30)8-7-17-32-23-15-13-22(27)14-16-23/h9-16,20,24H,5-8,17-18H2,1-4H3,(H,28,31). The average molecular weight is 475 g/mol. The van der Waals surface area contributed by atoms with E-state index >= 15 is 0 Å². The summed E-state index contributed by atoms with van der Waals surface area (Å²) in [5, 5.41) is 3.78. The number of benzene rings is 2. The molecule has 0 heterocycles. The van der Waals surface area contributed by atoms with Crippen molar-refractivity contribution in [1.29, 1.82) is 0 Å². The quantitative estimate of drug-likeness (QED) is 0.292. The Morgan fingerprint density at radius 3 is 2.28 bits per heavy atom. The first-order valence-electron chi connectivity index (χ1n) is 11.4. The highest BCUT2D eigenvalue weighted by Crippen LogP contribution is 2.22. The van der Waals surface area contributed by atoms with Crippen molar-refractivity contribution in [3.05, 3.63) is 64.7 Å². The minimum Gasteiger partial charge on any atom is -0.352 e. The van der Waals surface area contributed by atoms with E-state index in [1.807, 2.05) is 76.2 Å². The summed E-state index contributed by atoms with van der Waals surface area (Å²) in [6.07, 6.45) is 2.61. The van der Waals surface area contributed by atoms with Gasteiger partial charge in [-0.1, -0.05) is 55.3 Å². The summed E-state index contributed by atoms with van der Waals surface area (Å²) < 4.78 is 0. The third-order valence-corrected chi connectivity index (χ3v) is 6.83. The molecule has 2 aromatic rings. The Hall–Kier alpha value is -1.98. The molecule has 4 nitrogen and oxygen atoms in total. The first kappa shape index (κ1) is 26.3. The van der Waals surface area contributed by atoms with Crippen LogP contribution in [0.1, 0.15) is 57.6 Å². The molecule has 0 bridgehead atoms. The van der Waals surface area contributed by atoms with Gasteiger partial charge in [-0.25, -0.2) is 0 Å². The number of rotatable bonds is 12. The molecule has 2 unspecified atom stereocenters. The molecule has 0 aliphatic rings. The Balaban J connectivity index is 2.05. The molecule has 0 saturated carbocycles. The van der Waals surface area contributed by atoms with Crippen LogP contribution in [-0.2, 0) is 16.1 Å². The SMILES string of the molecule is CCC(C)NC(=O)C(CC)N(Cc1ccc(C)cc1)C(=O)CCCSc1ccc(Cl)cc1. The largest absolute Gasteiger partial charge is 0.352 e. The van der Waals surface area contributed by atoms with Crippen molar-refractivity contribution in [3.8, 4) is 0 Å². The van der Waals surface area contributed by atoms with E-state index in [-0.39, 0.29) is 17.9 Å². The zero-order valence-electron chi connectivity index (χ0n) is 19.6. The molecule has 0 aromatic heterocycles. The molecular weight excluding hydrogens is 440 g/mol. The molecule has 174 valence electrons. The summed E-state index contributed by atoms with van der Waals surface area (Å²) in [6.45, 7) is 8.48. The summed E-state index contributed by atoms with van der Waals surface area (Å²) >= 11 is 7.65. The lowest BCUT2D eigenvalue weighted by Crippen LogP contribution is -2.50. The lowest BCUT2D eigenvalue weighted by molar-refractivity contribution is -0.141. The van der Waals surface area contributed by atoms with E-state index in [1.54, 1.807) is 16.7 Å². The van der Waals surface area contributed by atoms with Crippen LogP contribution in [0.2, 0.25) is 5.02 Å². The maximum absolute atomic E-state index is 13.2. The molecule has 6 heteroatoms. The van der Waals surface area contributed by atoms with E-state index in [9.17, 15) is 9.59 Å². The zero-order valence-corrected chi connectivity index (χ0v) is 21.1. The number of amides is 2. The third kappa shape index (κ3) is 8.51. The van der Waals surface area contributed by atoms with Gasteiger partial charge in [0.05, 0.1) is 0 Å². The molecule has 0 radical (unpaired) electrons. The molecule has 2 amide bonds. The van der Waals surface area contributed by atoms with Crippen LogP contribution in [0.15, 0.2) is 53.4 Å². The molecule has 0 aliphatic heterocycles. The van der Waals surface area contributed by atoms with Crippen molar-refractivity contribution in [2.75, 3.05) is 5.75 Å². The first-order valence-corrected chi connectivity index (χ1v) is 12.7. The fourth-order valence-electron chi connectivity index (χ4n) is 3.34. The molecule has 2 atom stereocenters. The van der Waals surface area contributed by atoms with Crippen LogP contribution in [0.5, 0.6) is 0 Å². The van der Waals surface area contributed by atoms with E-state index < -0.39 is 6.04 Å². The second-order valence-corrected chi connectivity index (χ2v) is 9.76. The zero-order chi connectivity index (χ0) is 23.5. The van der Waals surface area contributed by atoms with E-state index in [4.69, 9.17) is 11.6 Å². The Labute approximate surface area is 202 Å². The van der Waals surface area contributed by atoms with Gasteiger partial charge in [0.15, 0.2) is 0 Å². The van der Waals surface area contributed by atoms with Crippen LogP contribution >= 0.6 is 23.4 Å². The van der Waals surface area contributed by atoms with Gasteiger partial charge in [-0.15, -0.1) is 11.8 Å². The van der Waals surface area contributed by atoms with Gasteiger partial charge in [0.1, 0.15) is 6.04 Å². The molecule has 1 N–H and O–H groups in total. The molecule has 32 heavy (non-hydrogen) atoms. The van der Waals surface area contributed by atoms with Gasteiger partial charge < -0.3 is 10.2 Å². The van der Waals surface area contributed by atoms with Crippen molar-refractivity contribution < 1.29 is 9.59 Å². The summed E-state index contributed by atoms with van der Waals surface area (Å²) in [5.74, 6) is 0.785. The second kappa shape index (κ2) is 13.5. The molecule has 0 spiro atoms. The Morgan fingerprint density at radius 2 is 1.69 bits per heavy atom. The van der Waals surface area contributed by atoms with Crippen molar-refractivity contribution in [3.63, 3.8) is 0 Å². The normalized spacial score (nSPS) is 12.8. The van der Waals surface area contributed by atoms with Crippen molar-refractivity contribution in [1.82, 2.24) is 10.2 Å². The smallest absolute Gasteiger partial charge is 0.243 e. The number of nitrogens with zero attached hydrogens (tertiary/aromatic N) is 1. The number of carbonyl (C=O) groups excluding carboxylic acids is 2. The van der Waals surface area contributed by atoms with Crippen LogP contribution in [0.3, 0.4) is 0 Å². The summed E-state index contributed by atoms with van der Waals surface area (Å²) in [7, 11) is 0. The van der Waals surface area contributed by atoms with Gasteiger partial charge in [-0.2, -0.15) is 0 Å². The van der Waals surface area contributed by atoms with E-state index in [2.05, 4.69) is 5.32 Å². The van der Waals surface area contributed by atoms with Crippen LogP contribution in [0, 0.1) is 6.92 Å². The Bertz CT molecular complexity index is 855. The summed E-state index contributed by atoms with van der Waals surface area (Å²) in [4.78, 5) is 29.1. The maximum Gasteiger partial charge on any atom is 0.243 e. The Morgan fingerprint density at radius 1 is 1.03 bits per heavy atom. The van der Waals surface area contributed by atoms with Crippen molar-refractivity contribution >= 4 is 35.2 Å². The van der Waals surface area contributed by atoms with Gasteiger partial charge in [0.25, 0.3) is 0 Å². The van der Waals surface area contributed by atoms with E-state index in [0.29, 0.717) is 19.4 Å². The number of carbonyl (C=O) groups is 2. The number of thioether (sulfide) groups is 1. The number of aryl methyl sites for hydroxylation is 1. The predicted molar refractivity (Wildman–Crippen MR) is 135 cm³/mol. The predicted octanol–water partition coefficient (Wildman–Crippen LogP) is 6.24. The van der Waals surface area contributed by atoms with Crippen molar-refractivity contribution in [2.24, 2.45) is 0 Å². The maximum atomic E-state index is 13.2. The molecule has 0 fully saturated rings. The first-order chi connectivity index (χ1) is 15.3. The number of nitrogens with one attached hydrogen (secondary N) is 1. The fraction of sp³-hybridized carbons (Fsp3) is 0.462. The monoisotopic (exact) mass is 474 g/mol. The number of hydrogen-bond acceptors (Lipinski definition) is 3. The van der Waals surface area contributed by atoms with Crippen LogP contribution < -0.4 is 5.32 Å². The molecule has 0 saturated heterocycles. The molecule has 0 aliphatic carbocycles. The van der Waals surface area contributed by atoms with Crippen LogP contribution in [0.25, 0.3) is 0 Å². The highest BCUT2D eigenvalue weighted by molar-refractivity contribution is 7.99. The second-order valence-electron chi connectivity index (χ2n) is 8.16. The number of halogens is 1. The molecule has 2 aromatic carbocycles. The average Bonchev–Trinajstić information content (AvgIpc) is 2.78. The van der Waals surface area contributed by atoms with E-state index in [0.717, 1.165) is 34.1 Å². The van der Waals surface area contributed by atoms with Gasteiger partial charge in [-0.05, 0) is 68.7 Å². The highest BCUT2D eigenvalue weighted by atomic mass is 35.5. The minimum atomic E-state index is -0.471. The lowest BCUT2D eigenvalue weighted by Gasteiger charge is -2.31. The van der Waals surface area contributed by atoms with Gasteiger partial charge >= 0.3 is 0 Å². The fourth-order valence-corrected chi connectivity index (χ4v) is 4.32. The molecular formula is C26H35ClN2O2S. The van der Waals surface area contributed by atoms with E-state index in [1.165, 1.54) is 5.56 Å². The van der Waals surface area contributed by atoms with Gasteiger partial charge in [-0.3, -0.25) is 9.59 Å².